The molecule has 0 radical (unpaired) electrons. The zero-order valence-corrected chi connectivity index (χ0v) is 16.4. The number of aryl methyl sites for hydroxylation is 1. The van der Waals surface area contributed by atoms with Crippen LogP contribution in [0.5, 0.6) is 0 Å². The van der Waals surface area contributed by atoms with Crippen LogP contribution < -0.4 is 0 Å². The Balaban J connectivity index is 3.12. The van der Waals surface area contributed by atoms with Gasteiger partial charge in [-0.1, -0.05) is 43.3 Å². The van der Waals surface area contributed by atoms with Gasteiger partial charge in [-0.05, 0) is 38.1 Å². The molecule has 0 aliphatic carbocycles. The fourth-order valence-electron chi connectivity index (χ4n) is 1.77. The van der Waals surface area contributed by atoms with Gasteiger partial charge in [0.2, 0.25) is 10.0 Å². The minimum absolute atomic E-state index is 0.197. The largest absolute Gasteiger partial charge is 0.244 e. The molecule has 0 aliphatic heterocycles. The van der Waals surface area contributed by atoms with E-state index in [1.165, 1.54) is 4.31 Å². The second-order valence-corrected chi connectivity index (χ2v) is 13.0. The maximum atomic E-state index is 12.8. The van der Waals surface area contributed by atoms with Gasteiger partial charge in [-0.25, -0.2) is 8.42 Å². The topological polar surface area (TPSA) is 37.4 Å². The molecule has 124 valence electrons. The smallest absolute Gasteiger partial charge is 0.207 e. The van der Waals surface area contributed by atoms with E-state index in [4.69, 9.17) is 0 Å². The lowest BCUT2D eigenvalue weighted by Crippen LogP contribution is -2.32. The quantitative estimate of drug-likeness (QED) is 0.464. The first-order valence-corrected chi connectivity index (χ1v) is 12.5. The van der Waals surface area contributed by atoms with Crippen LogP contribution in [0.25, 0.3) is 0 Å². The molecule has 0 N–H and O–H groups in total. The molecule has 0 fully saturated rings. The minimum Gasteiger partial charge on any atom is -0.207 e. The second-order valence-electron chi connectivity index (χ2n) is 6.32. The van der Waals surface area contributed by atoms with Crippen molar-refractivity contribution in [1.82, 2.24) is 4.31 Å². The third kappa shape index (κ3) is 6.60. The highest BCUT2D eigenvalue weighted by atomic mass is 32.2. The van der Waals surface area contributed by atoms with Crippen molar-refractivity contribution in [1.29, 1.82) is 0 Å². The van der Waals surface area contributed by atoms with Crippen LogP contribution in [0.3, 0.4) is 0 Å². The van der Waals surface area contributed by atoms with Gasteiger partial charge >= 0.3 is 0 Å². The summed E-state index contributed by atoms with van der Waals surface area (Å²) >= 11 is 0. The van der Waals surface area contributed by atoms with Crippen LogP contribution in [-0.4, -0.2) is 33.9 Å². The van der Waals surface area contributed by atoms with E-state index in [0.717, 1.165) is 5.56 Å². The highest BCUT2D eigenvalue weighted by Gasteiger charge is 2.22. The molecule has 0 unspecified atom stereocenters. The van der Waals surface area contributed by atoms with Gasteiger partial charge < -0.3 is 0 Å². The van der Waals surface area contributed by atoms with Crippen LogP contribution in [0.1, 0.15) is 12.5 Å². The molecule has 0 saturated heterocycles. The molecule has 0 spiro atoms. The van der Waals surface area contributed by atoms with Crippen molar-refractivity contribution in [2.45, 2.75) is 38.4 Å². The van der Waals surface area contributed by atoms with Crippen LogP contribution in [0.15, 0.2) is 47.0 Å². The number of hydrogen-bond acceptors (Lipinski definition) is 2. The maximum absolute atomic E-state index is 12.8. The van der Waals surface area contributed by atoms with E-state index in [1.54, 1.807) is 36.4 Å². The zero-order chi connectivity index (χ0) is 17.5. The van der Waals surface area contributed by atoms with Gasteiger partial charge in [-0.3, -0.25) is 0 Å². The van der Waals surface area contributed by atoms with Crippen molar-refractivity contribution in [3.05, 3.63) is 47.7 Å². The molecule has 0 bridgehead atoms. The third-order valence-corrected chi connectivity index (χ3v) is 5.71. The van der Waals surface area contributed by atoms with Crippen LogP contribution in [0.4, 0.5) is 0 Å². The van der Waals surface area contributed by atoms with E-state index in [1.807, 2.05) is 13.8 Å². The first kappa shape index (κ1) is 19.5. The molecule has 23 heavy (non-hydrogen) atoms. The van der Waals surface area contributed by atoms with Crippen LogP contribution in [0.2, 0.25) is 19.6 Å². The summed E-state index contributed by atoms with van der Waals surface area (Å²) < 4.78 is 27.0. The van der Waals surface area contributed by atoms with E-state index in [-0.39, 0.29) is 13.1 Å². The lowest BCUT2D eigenvalue weighted by Gasteiger charge is -2.18. The van der Waals surface area contributed by atoms with E-state index in [0.29, 0.717) is 4.90 Å². The number of benzene rings is 1. The summed E-state index contributed by atoms with van der Waals surface area (Å²) in [6.45, 7) is 10.7. The van der Waals surface area contributed by atoms with E-state index in [2.05, 4.69) is 36.8 Å². The first-order valence-electron chi connectivity index (χ1n) is 7.59. The Labute approximate surface area is 141 Å². The molecule has 0 aromatic heterocycles. The van der Waals surface area contributed by atoms with Crippen molar-refractivity contribution >= 4 is 18.1 Å². The van der Waals surface area contributed by atoms with Crippen molar-refractivity contribution in [2.75, 3.05) is 13.1 Å². The van der Waals surface area contributed by atoms with E-state index >= 15 is 0 Å². The van der Waals surface area contributed by atoms with Gasteiger partial charge in [0, 0.05) is 6.54 Å². The molecular weight excluding hydrogens is 322 g/mol. The molecule has 0 saturated carbocycles. The van der Waals surface area contributed by atoms with Gasteiger partial charge in [-0.2, -0.15) is 4.31 Å². The fraction of sp³-hybridized carbons (Fsp3) is 0.389. The van der Waals surface area contributed by atoms with Crippen molar-refractivity contribution < 1.29 is 8.42 Å². The predicted molar refractivity (Wildman–Crippen MR) is 99.4 cm³/mol. The summed E-state index contributed by atoms with van der Waals surface area (Å²) in [4.78, 5) is 0.298. The zero-order valence-electron chi connectivity index (χ0n) is 14.6. The van der Waals surface area contributed by atoms with Gasteiger partial charge in [0.25, 0.3) is 0 Å². The fourth-order valence-corrected chi connectivity index (χ4v) is 3.67. The number of sulfonamides is 1. The Morgan fingerprint density at radius 1 is 1.17 bits per heavy atom. The highest BCUT2D eigenvalue weighted by molar-refractivity contribution is 7.89. The molecule has 3 nitrogen and oxygen atoms in total. The third-order valence-electron chi connectivity index (χ3n) is 2.96. The lowest BCUT2D eigenvalue weighted by molar-refractivity contribution is 0.478. The molecule has 1 aromatic carbocycles. The standard InChI is InChI=1S/C18H25NO2SSi/c1-6-7-8-14-19(15-9-16-23(3,4)5)22(20,21)18-12-10-17(2)11-13-18/h6,8,10-13H,14-15H2,1-5H3. The molecule has 1 rings (SSSR count). The minimum atomic E-state index is -3.55. The van der Waals surface area contributed by atoms with Gasteiger partial charge in [0.1, 0.15) is 8.07 Å². The maximum Gasteiger partial charge on any atom is 0.244 e. The Morgan fingerprint density at radius 3 is 2.30 bits per heavy atom. The molecule has 0 aliphatic rings. The van der Waals surface area contributed by atoms with Crippen molar-refractivity contribution in [3.8, 4) is 11.5 Å². The predicted octanol–water partition coefficient (Wildman–Crippen LogP) is 3.60. The molecule has 0 heterocycles. The number of rotatable bonds is 5. The van der Waals surface area contributed by atoms with Gasteiger partial charge in [-0.15, -0.1) is 11.3 Å². The summed E-state index contributed by atoms with van der Waals surface area (Å²) in [5.41, 5.74) is 7.17. The van der Waals surface area contributed by atoms with Crippen LogP contribution in [-0.2, 0) is 10.0 Å². The molecule has 5 heteroatoms. The van der Waals surface area contributed by atoms with Crippen LogP contribution in [0, 0.1) is 18.4 Å². The van der Waals surface area contributed by atoms with E-state index in [9.17, 15) is 8.42 Å². The molecule has 0 amide bonds. The van der Waals surface area contributed by atoms with Crippen molar-refractivity contribution in [2.24, 2.45) is 0 Å². The molecule has 1 aromatic rings. The molecular formula is C18H25NO2SSi. The monoisotopic (exact) mass is 347 g/mol. The Kier molecular flexibility index (Phi) is 7.05. The normalized spacial score (nSPS) is 11.4. The Morgan fingerprint density at radius 2 is 1.78 bits per heavy atom. The SMILES string of the molecule is CC=C=CCN(CC#C[Si](C)(C)C)S(=O)(=O)c1ccc(C)cc1. The van der Waals surface area contributed by atoms with Crippen molar-refractivity contribution in [3.63, 3.8) is 0 Å². The second kappa shape index (κ2) is 8.33. The first-order chi connectivity index (χ1) is 10.7. The Bertz CT molecular complexity index is 741. The summed E-state index contributed by atoms with van der Waals surface area (Å²) in [6.07, 6.45) is 3.46. The average Bonchev–Trinajstić information content (AvgIpc) is 2.45. The molecule has 0 atom stereocenters. The van der Waals surface area contributed by atoms with Gasteiger partial charge in [0.05, 0.1) is 11.4 Å². The van der Waals surface area contributed by atoms with Gasteiger partial charge in [0.15, 0.2) is 0 Å². The van der Waals surface area contributed by atoms with E-state index < -0.39 is 18.1 Å². The number of hydrogen-bond donors (Lipinski definition) is 0. The average molecular weight is 348 g/mol. The number of nitrogens with zero attached hydrogens (tertiary/aromatic N) is 1. The van der Waals surface area contributed by atoms with Crippen LogP contribution >= 0.6 is 0 Å². The summed E-state index contributed by atoms with van der Waals surface area (Å²) in [5, 5.41) is 0. The lowest BCUT2D eigenvalue weighted by atomic mass is 10.2. The summed E-state index contributed by atoms with van der Waals surface area (Å²) in [6, 6.07) is 6.90. The summed E-state index contributed by atoms with van der Waals surface area (Å²) in [7, 11) is -5.08. The highest BCUT2D eigenvalue weighted by Crippen LogP contribution is 2.16. The summed E-state index contributed by atoms with van der Waals surface area (Å²) in [5.74, 6) is 3.04. The Hall–Kier alpha value is -1.57.